The molecule has 0 aliphatic carbocycles. The van der Waals surface area contributed by atoms with Crippen molar-refractivity contribution in [3.63, 3.8) is 0 Å². The summed E-state index contributed by atoms with van der Waals surface area (Å²) in [6, 6.07) is 1.63. The first-order chi connectivity index (χ1) is 7.80. The predicted octanol–water partition coefficient (Wildman–Crippen LogP) is 1.19. The van der Waals surface area contributed by atoms with E-state index in [1.165, 1.54) is 11.3 Å². The molecule has 0 saturated heterocycles. The molecule has 0 atom stereocenters. The smallest absolute Gasteiger partial charge is 0.336 e. The zero-order chi connectivity index (χ0) is 13.1. The lowest BCUT2D eigenvalue weighted by molar-refractivity contribution is -0.119. The van der Waals surface area contributed by atoms with Gasteiger partial charge in [-0.2, -0.15) is 0 Å². The number of hydrogen-bond acceptors (Lipinski definition) is 4. The van der Waals surface area contributed by atoms with Gasteiger partial charge in [0.2, 0.25) is 5.91 Å². The number of aromatic carboxylic acids is 1. The van der Waals surface area contributed by atoms with Crippen molar-refractivity contribution in [3.05, 3.63) is 21.9 Å². The van der Waals surface area contributed by atoms with Crippen molar-refractivity contribution in [3.8, 4) is 0 Å². The van der Waals surface area contributed by atoms with Crippen molar-refractivity contribution in [2.24, 2.45) is 5.73 Å². The minimum Gasteiger partial charge on any atom is -0.478 e. The molecule has 1 heterocycles. The molecule has 1 amide bonds. The number of nitrogens with two attached hydrogens (primary N) is 1. The van der Waals surface area contributed by atoms with Gasteiger partial charge in [0.15, 0.2) is 0 Å². The van der Waals surface area contributed by atoms with Crippen LogP contribution in [0.15, 0.2) is 11.4 Å². The fourth-order valence-corrected chi connectivity index (χ4v) is 2.21. The summed E-state index contributed by atoms with van der Waals surface area (Å²) in [6.45, 7) is 4.28. The van der Waals surface area contributed by atoms with Crippen molar-refractivity contribution in [2.75, 3.05) is 0 Å². The normalized spacial score (nSPS) is 11.4. The number of amides is 1. The molecule has 5 nitrogen and oxygen atoms in total. The second kappa shape index (κ2) is 5.29. The van der Waals surface area contributed by atoms with Crippen LogP contribution in [0.4, 0.5) is 0 Å². The molecule has 1 rings (SSSR count). The van der Waals surface area contributed by atoms with E-state index in [1.807, 2.05) is 13.8 Å². The van der Waals surface area contributed by atoms with E-state index in [2.05, 4.69) is 5.32 Å². The molecule has 0 spiro atoms. The van der Waals surface area contributed by atoms with Gasteiger partial charge >= 0.3 is 5.97 Å². The Morgan fingerprint density at radius 2 is 2.18 bits per heavy atom. The van der Waals surface area contributed by atoms with Crippen LogP contribution in [0, 0.1) is 0 Å². The summed E-state index contributed by atoms with van der Waals surface area (Å²) in [6.07, 6.45) is 0.240. The van der Waals surface area contributed by atoms with Crippen molar-refractivity contribution >= 4 is 23.2 Å². The number of hydrogen-bond donors (Lipinski definition) is 3. The largest absolute Gasteiger partial charge is 0.478 e. The number of carboxylic acids is 1. The summed E-state index contributed by atoms with van der Waals surface area (Å²) in [5.74, 6) is -1.29. The van der Waals surface area contributed by atoms with Crippen molar-refractivity contribution < 1.29 is 14.7 Å². The number of primary amides is 1. The predicted molar refractivity (Wildman–Crippen MR) is 66.0 cm³/mol. The molecule has 0 aliphatic heterocycles. The Labute approximate surface area is 104 Å². The average molecular weight is 256 g/mol. The molecule has 6 heteroatoms. The molecule has 17 heavy (non-hydrogen) atoms. The summed E-state index contributed by atoms with van der Waals surface area (Å²) in [7, 11) is 0. The lowest BCUT2D eigenvalue weighted by atomic mass is 10.0. The number of rotatable bonds is 6. The molecule has 1 aromatic rings. The van der Waals surface area contributed by atoms with Crippen molar-refractivity contribution in [1.82, 2.24) is 5.32 Å². The van der Waals surface area contributed by atoms with E-state index in [-0.39, 0.29) is 17.9 Å². The minimum absolute atomic E-state index is 0.240. The van der Waals surface area contributed by atoms with E-state index in [1.54, 1.807) is 11.4 Å². The maximum Gasteiger partial charge on any atom is 0.336 e. The third-order valence-corrected chi connectivity index (χ3v) is 3.19. The van der Waals surface area contributed by atoms with Gasteiger partial charge in [-0.1, -0.05) is 0 Å². The summed E-state index contributed by atoms with van der Waals surface area (Å²) < 4.78 is 0. The van der Waals surface area contributed by atoms with E-state index < -0.39 is 5.97 Å². The highest BCUT2D eigenvalue weighted by molar-refractivity contribution is 7.10. The first-order valence-corrected chi connectivity index (χ1v) is 6.02. The van der Waals surface area contributed by atoms with Crippen LogP contribution in [-0.2, 0) is 11.3 Å². The molecular weight excluding hydrogens is 240 g/mol. The molecule has 0 aromatic carbocycles. The van der Waals surface area contributed by atoms with Gasteiger partial charge in [-0.3, -0.25) is 4.79 Å². The Morgan fingerprint density at radius 1 is 1.53 bits per heavy atom. The number of thiophene rings is 1. The standard InChI is InChI=1S/C11H16N2O3S/c1-11(2,4-9(12)14)13-5-8-3-7(6-17-8)10(15)16/h3,6,13H,4-5H2,1-2H3,(H2,12,14)(H,15,16). The zero-order valence-corrected chi connectivity index (χ0v) is 10.6. The Balaban J connectivity index is 2.54. The van der Waals surface area contributed by atoms with Crippen LogP contribution in [-0.4, -0.2) is 22.5 Å². The van der Waals surface area contributed by atoms with Gasteiger partial charge in [0, 0.05) is 28.8 Å². The fourth-order valence-electron chi connectivity index (χ4n) is 1.41. The van der Waals surface area contributed by atoms with E-state index >= 15 is 0 Å². The number of carboxylic acid groups (broad SMARTS) is 1. The third-order valence-electron chi connectivity index (χ3n) is 2.26. The second-order valence-electron chi connectivity index (χ2n) is 4.49. The molecule has 0 fully saturated rings. The van der Waals surface area contributed by atoms with Gasteiger partial charge in [-0.15, -0.1) is 11.3 Å². The van der Waals surface area contributed by atoms with Crippen LogP contribution >= 0.6 is 11.3 Å². The van der Waals surface area contributed by atoms with Crippen molar-refractivity contribution in [2.45, 2.75) is 32.4 Å². The Kier molecular flexibility index (Phi) is 4.25. The van der Waals surface area contributed by atoms with E-state index in [4.69, 9.17) is 10.8 Å². The monoisotopic (exact) mass is 256 g/mol. The molecule has 94 valence electrons. The Hall–Kier alpha value is -1.40. The van der Waals surface area contributed by atoms with Crippen molar-refractivity contribution in [1.29, 1.82) is 0 Å². The fraction of sp³-hybridized carbons (Fsp3) is 0.455. The molecular formula is C11H16N2O3S. The lowest BCUT2D eigenvalue weighted by Crippen LogP contribution is -2.42. The van der Waals surface area contributed by atoms with Crippen LogP contribution in [0.3, 0.4) is 0 Å². The van der Waals surface area contributed by atoms with Crippen LogP contribution in [0.5, 0.6) is 0 Å². The zero-order valence-electron chi connectivity index (χ0n) is 9.82. The summed E-state index contributed by atoms with van der Waals surface area (Å²) in [4.78, 5) is 22.4. The van der Waals surface area contributed by atoms with Gasteiger partial charge in [-0.05, 0) is 19.9 Å². The maximum absolute atomic E-state index is 10.8. The van der Waals surface area contributed by atoms with Gasteiger partial charge in [0.25, 0.3) is 0 Å². The van der Waals surface area contributed by atoms with Crippen LogP contribution < -0.4 is 11.1 Å². The molecule has 0 radical (unpaired) electrons. The summed E-state index contributed by atoms with van der Waals surface area (Å²) in [5, 5.41) is 13.5. The Bertz CT molecular complexity index is 426. The molecule has 0 aliphatic rings. The van der Waals surface area contributed by atoms with Crippen LogP contribution in [0.2, 0.25) is 0 Å². The van der Waals surface area contributed by atoms with Crippen LogP contribution in [0.25, 0.3) is 0 Å². The molecule has 0 unspecified atom stereocenters. The summed E-state index contributed by atoms with van der Waals surface area (Å²) >= 11 is 1.38. The number of nitrogens with one attached hydrogen (secondary N) is 1. The first-order valence-electron chi connectivity index (χ1n) is 5.14. The van der Waals surface area contributed by atoms with E-state index in [0.29, 0.717) is 12.1 Å². The van der Waals surface area contributed by atoms with E-state index in [0.717, 1.165) is 4.88 Å². The Morgan fingerprint density at radius 3 is 2.65 bits per heavy atom. The lowest BCUT2D eigenvalue weighted by Gasteiger charge is -2.24. The second-order valence-corrected chi connectivity index (χ2v) is 5.48. The SMILES string of the molecule is CC(C)(CC(N)=O)NCc1cc(C(=O)O)cs1. The van der Waals surface area contributed by atoms with Crippen LogP contribution in [0.1, 0.15) is 35.5 Å². The molecule has 0 saturated carbocycles. The third kappa shape index (κ3) is 4.54. The highest BCUT2D eigenvalue weighted by Gasteiger charge is 2.20. The first kappa shape index (κ1) is 13.7. The highest BCUT2D eigenvalue weighted by Crippen LogP contribution is 2.16. The molecule has 0 bridgehead atoms. The van der Waals surface area contributed by atoms with Gasteiger partial charge in [0.1, 0.15) is 0 Å². The molecule has 1 aromatic heterocycles. The quantitative estimate of drug-likeness (QED) is 0.712. The maximum atomic E-state index is 10.8. The average Bonchev–Trinajstić information content (AvgIpc) is 2.61. The topological polar surface area (TPSA) is 92.4 Å². The summed E-state index contributed by atoms with van der Waals surface area (Å²) in [5.41, 5.74) is 5.04. The van der Waals surface area contributed by atoms with Gasteiger partial charge < -0.3 is 16.2 Å². The van der Waals surface area contributed by atoms with Gasteiger partial charge in [-0.25, -0.2) is 4.79 Å². The number of carbonyl (C=O) groups is 2. The minimum atomic E-state index is -0.927. The van der Waals surface area contributed by atoms with E-state index in [9.17, 15) is 9.59 Å². The highest BCUT2D eigenvalue weighted by atomic mass is 32.1. The molecule has 4 N–H and O–H groups in total. The van der Waals surface area contributed by atoms with Gasteiger partial charge in [0.05, 0.1) is 5.56 Å². The number of carbonyl (C=O) groups excluding carboxylic acids is 1.